The zero-order chi connectivity index (χ0) is 25.2. The highest BCUT2D eigenvalue weighted by Crippen LogP contribution is 2.40. The summed E-state index contributed by atoms with van der Waals surface area (Å²) in [6.07, 6.45) is 4.14. The molecule has 188 valence electrons. The minimum Gasteiger partial charge on any atom is -0.343 e. The number of carbonyl (C=O) groups excluding carboxylic acids is 2. The van der Waals surface area contributed by atoms with Crippen LogP contribution in [0, 0.1) is 23.0 Å². The van der Waals surface area contributed by atoms with E-state index in [2.05, 4.69) is 20.8 Å². The number of hydrogen-bond donors (Lipinski definition) is 0. The van der Waals surface area contributed by atoms with E-state index in [0.29, 0.717) is 38.2 Å². The summed E-state index contributed by atoms with van der Waals surface area (Å²) in [5, 5.41) is 0. The highest BCUT2D eigenvalue weighted by Gasteiger charge is 2.31. The molecule has 2 aliphatic rings. The number of rotatable bonds is 4. The van der Waals surface area contributed by atoms with Gasteiger partial charge in [0.05, 0.1) is 5.69 Å². The molecule has 0 saturated carbocycles. The number of piperidine rings is 1. The monoisotopic (exact) mass is 482 g/mol. The Labute approximate surface area is 207 Å². The molecule has 35 heavy (non-hydrogen) atoms. The highest BCUT2D eigenvalue weighted by atomic mass is 19.1. The van der Waals surface area contributed by atoms with E-state index in [0.717, 1.165) is 36.8 Å². The molecule has 0 aliphatic carbocycles. The maximum Gasteiger partial charge on any atom is 0.227 e. The number of likely N-dealkylation sites (tertiary alicyclic amines) is 1. The van der Waals surface area contributed by atoms with Crippen molar-refractivity contribution < 1.29 is 18.4 Å². The molecular weight excluding hydrogens is 446 g/mol. The van der Waals surface area contributed by atoms with Crippen molar-refractivity contribution >= 4 is 17.5 Å². The molecule has 2 aromatic carbocycles. The van der Waals surface area contributed by atoms with Crippen molar-refractivity contribution in [2.24, 2.45) is 11.3 Å². The number of amides is 2. The van der Waals surface area contributed by atoms with Crippen molar-refractivity contribution in [2.75, 3.05) is 24.5 Å². The van der Waals surface area contributed by atoms with Gasteiger partial charge in [0, 0.05) is 38.4 Å². The predicted octanol–water partition coefficient (Wildman–Crippen LogP) is 6.29. The first-order valence-electron chi connectivity index (χ1n) is 12.7. The number of benzene rings is 2. The summed E-state index contributed by atoms with van der Waals surface area (Å²) >= 11 is 0. The Kier molecular flexibility index (Phi) is 7.58. The molecule has 2 aromatic rings. The second-order valence-corrected chi connectivity index (χ2v) is 11.3. The van der Waals surface area contributed by atoms with Crippen molar-refractivity contribution in [1.29, 1.82) is 0 Å². The lowest BCUT2D eigenvalue weighted by Gasteiger charge is -2.34. The van der Waals surface area contributed by atoms with Gasteiger partial charge in [-0.2, -0.15) is 0 Å². The van der Waals surface area contributed by atoms with E-state index in [-0.39, 0.29) is 40.7 Å². The number of hydrogen-bond acceptors (Lipinski definition) is 2. The minimum atomic E-state index is -0.369. The number of fused-ring (bicyclic) bond motifs is 1. The van der Waals surface area contributed by atoms with Crippen LogP contribution in [0.25, 0.3) is 0 Å². The van der Waals surface area contributed by atoms with Crippen LogP contribution in [-0.4, -0.2) is 36.3 Å². The molecule has 0 aromatic heterocycles. The zero-order valence-electron chi connectivity index (χ0n) is 21.0. The molecule has 6 heteroatoms. The van der Waals surface area contributed by atoms with E-state index in [1.807, 2.05) is 4.90 Å². The molecule has 1 unspecified atom stereocenters. The van der Waals surface area contributed by atoms with E-state index in [1.165, 1.54) is 24.3 Å². The summed E-state index contributed by atoms with van der Waals surface area (Å²) in [5.41, 5.74) is 2.47. The fourth-order valence-electron chi connectivity index (χ4n) is 5.38. The first-order chi connectivity index (χ1) is 16.6. The lowest BCUT2D eigenvalue weighted by atomic mass is 9.87. The number of halogens is 2. The third-order valence-electron chi connectivity index (χ3n) is 7.22. The van der Waals surface area contributed by atoms with Crippen molar-refractivity contribution in [3.8, 4) is 0 Å². The molecule has 0 radical (unpaired) electrons. The van der Waals surface area contributed by atoms with Crippen LogP contribution in [0.1, 0.15) is 76.3 Å². The van der Waals surface area contributed by atoms with Gasteiger partial charge in [-0.1, -0.05) is 39.0 Å². The third-order valence-corrected chi connectivity index (χ3v) is 7.22. The largest absolute Gasteiger partial charge is 0.343 e. The second-order valence-electron chi connectivity index (χ2n) is 11.3. The van der Waals surface area contributed by atoms with Gasteiger partial charge >= 0.3 is 0 Å². The molecule has 4 nitrogen and oxygen atoms in total. The predicted molar refractivity (Wildman–Crippen MR) is 134 cm³/mol. The molecule has 0 bridgehead atoms. The average Bonchev–Trinajstić information content (AvgIpc) is 2.98. The van der Waals surface area contributed by atoms with Gasteiger partial charge in [-0.05, 0) is 72.4 Å². The molecule has 1 fully saturated rings. The Morgan fingerprint density at radius 1 is 0.886 bits per heavy atom. The SMILES string of the molecule is CC(C)(C)CC(=O)N1CCC(CC(=O)N2CCCC(c3ccc(F)cc3)c3ccc(F)cc32)CC1. The maximum absolute atomic E-state index is 14.3. The van der Waals surface area contributed by atoms with Crippen LogP contribution >= 0.6 is 0 Å². The standard InChI is InChI=1S/C29H36F2N2O2/c1-29(2,3)19-28(35)32-15-12-20(13-16-32)17-27(34)33-14-4-5-24(21-6-8-22(30)9-7-21)25-11-10-23(31)18-26(25)33/h6-11,18,20,24H,4-5,12-17,19H2,1-3H3. The maximum atomic E-state index is 14.3. The summed E-state index contributed by atoms with van der Waals surface area (Å²) in [6.45, 7) is 8.11. The van der Waals surface area contributed by atoms with Crippen molar-refractivity contribution in [1.82, 2.24) is 4.90 Å². The van der Waals surface area contributed by atoms with Gasteiger partial charge < -0.3 is 9.80 Å². The lowest BCUT2D eigenvalue weighted by molar-refractivity contribution is -0.134. The first-order valence-corrected chi connectivity index (χ1v) is 12.7. The summed E-state index contributed by atoms with van der Waals surface area (Å²) in [4.78, 5) is 29.7. The van der Waals surface area contributed by atoms with Gasteiger partial charge in [0.15, 0.2) is 0 Å². The normalized spacial score (nSPS) is 19.3. The summed E-state index contributed by atoms with van der Waals surface area (Å²) in [7, 11) is 0. The van der Waals surface area contributed by atoms with E-state index in [4.69, 9.17) is 0 Å². The van der Waals surface area contributed by atoms with Crippen LogP contribution < -0.4 is 4.90 Å². The lowest BCUT2D eigenvalue weighted by Crippen LogP contribution is -2.41. The van der Waals surface area contributed by atoms with Crippen molar-refractivity contribution in [3.05, 3.63) is 65.2 Å². The Bertz CT molecular complexity index is 1050. The van der Waals surface area contributed by atoms with Crippen LogP contribution in [0.4, 0.5) is 14.5 Å². The second kappa shape index (κ2) is 10.5. The average molecular weight is 483 g/mol. The Balaban J connectivity index is 1.46. The van der Waals surface area contributed by atoms with E-state index in [1.54, 1.807) is 23.1 Å². The van der Waals surface area contributed by atoms with Crippen LogP contribution in [-0.2, 0) is 9.59 Å². The van der Waals surface area contributed by atoms with Gasteiger partial charge in [-0.25, -0.2) is 8.78 Å². The summed E-state index contributed by atoms with van der Waals surface area (Å²) in [5.74, 6) is -0.255. The Morgan fingerprint density at radius 2 is 1.54 bits per heavy atom. The quantitative estimate of drug-likeness (QED) is 0.514. The van der Waals surface area contributed by atoms with Crippen LogP contribution in [0.15, 0.2) is 42.5 Å². The topological polar surface area (TPSA) is 40.6 Å². The molecule has 2 aliphatic heterocycles. The van der Waals surface area contributed by atoms with Crippen LogP contribution in [0.5, 0.6) is 0 Å². The fraction of sp³-hybridized carbons (Fsp3) is 0.517. The van der Waals surface area contributed by atoms with E-state index < -0.39 is 0 Å². The molecule has 2 amide bonds. The van der Waals surface area contributed by atoms with Crippen molar-refractivity contribution in [3.63, 3.8) is 0 Å². The van der Waals surface area contributed by atoms with Gasteiger partial charge in [0.25, 0.3) is 0 Å². The summed E-state index contributed by atoms with van der Waals surface area (Å²) < 4.78 is 27.8. The molecule has 1 atom stereocenters. The summed E-state index contributed by atoms with van der Waals surface area (Å²) in [6, 6.07) is 11.1. The van der Waals surface area contributed by atoms with Crippen LogP contribution in [0.2, 0.25) is 0 Å². The molecule has 1 saturated heterocycles. The third kappa shape index (κ3) is 6.28. The Hall–Kier alpha value is -2.76. The van der Waals surface area contributed by atoms with Crippen molar-refractivity contribution in [2.45, 2.75) is 65.2 Å². The zero-order valence-corrected chi connectivity index (χ0v) is 21.0. The molecule has 2 heterocycles. The van der Waals surface area contributed by atoms with E-state index >= 15 is 0 Å². The Morgan fingerprint density at radius 3 is 2.20 bits per heavy atom. The number of anilines is 1. The number of carbonyl (C=O) groups is 2. The van der Waals surface area contributed by atoms with Gasteiger partial charge in [-0.3, -0.25) is 9.59 Å². The van der Waals surface area contributed by atoms with Gasteiger partial charge in [-0.15, -0.1) is 0 Å². The fourth-order valence-corrected chi connectivity index (χ4v) is 5.38. The first kappa shape index (κ1) is 25.3. The van der Waals surface area contributed by atoms with E-state index in [9.17, 15) is 18.4 Å². The molecule has 0 spiro atoms. The van der Waals surface area contributed by atoms with Gasteiger partial charge in [0.1, 0.15) is 11.6 Å². The molecule has 0 N–H and O–H groups in total. The minimum absolute atomic E-state index is 0.0103. The highest BCUT2D eigenvalue weighted by molar-refractivity contribution is 5.94. The van der Waals surface area contributed by atoms with Gasteiger partial charge in [0.2, 0.25) is 11.8 Å². The van der Waals surface area contributed by atoms with Crippen LogP contribution in [0.3, 0.4) is 0 Å². The smallest absolute Gasteiger partial charge is 0.227 e. The molecule has 4 rings (SSSR count). The number of nitrogens with zero attached hydrogens (tertiary/aromatic N) is 2. The molecular formula is C29H36F2N2O2.